The van der Waals surface area contributed by atoms with Crippen LogP contribution in [0.2, 0.25) is 0 Å². The number of rotatable bonds is 5. The first kappa shape index (κ1) is 20.3. The summed E-state index contributed by atoms with van der Waals surface area (Å²) in [5, 5.41) is 6.23. The Hall–Kier alpha value is -1.70. The van der Waals surface area contributed by atoms with Crippen LogP contribution in [0.4, 0.5) is 8.78 Å². The summed E-state index contributed by atoms with van der Waals surface area (Å²) in [6.07, 6.45) is 0.254. The van der Waals surface area contributed by atoms with Gasteiger partial charge in [-0.3, -0.25) is 4.99 Å². The number of hydrogen-bond donors (Lipinski definition) is 2. The molecule has 0 amide bonds. The maximum Gasteiger partial charge on any atom is 0.191 e. The Balaban J connectivity index is 0.00000288. The van der Waals surface area contributed by atoms with E-state index in [0.717, 1.165) is 5.56 Å². The average Bonchev–Trinajstić information content (AvgIpc) is 2.54. The second-order valence-electron chi connectivity index (χ2n) is 5.29. The Bertz CT molecular complexity index is 652. The van der Waals surface area contributed by atoms with E-state index in [4.69, 9.17) is 0 Å². The minimum absolute atomic E-state index is 0. The van der Waals surface area contributed by atoms with E-state index in [1.807, 2.05) is 31.2 Å². The molecule has 0 radical (unpaired) electrons. The van der Waals surface area contributed by atoms with Gasteiger partial charge in [0.25, 0.3) is 0 Å². The van der Waals surface area contributed by atoms with Gasteiger partial charge < -0.3 is 10.6 Å². The van der Waals surface area contributed by atoms with Crippen molar-refractivity contribution >= 4 is 29.9 Å². The predicted octanol–water partition coefficient (Wildman–Crippen LogP) is 3.80. The lowest BCUT2D eigenvalue weighted by molar-refractivity contribution is 0.553. The lowest BCUT2D eigenvalue weighted by Crippen LogP contribution is -2.38. The highest BCUT2D eigenvalue weighted by atomic mass is 127. The molecule has 0 aliphatic rings. The number of nitrogens with one attached hydrogen (secondary N) is 2. The summed E-state index contributed by atoms with van der Waals surface area (Å²) in [6, 6.07) is 12.1. The monoisotopic (exact) mass is 445 g/mol. The second kappa shape index (κ2) is 10.2. The summed E-state index contributed by atoms with van der Waals surface area (Å²) in [5.74, 6) is -0.439. The number of nitrogens with zero attached hydrogens (tertiary/aromatic N) is 1. The average molecular weight is 445 g/mol. The summed E-state index contributed by atoms with van der Waals surface area (Å²) in [5.41, 5.74) is 2.44. The Morgan fingerprint density at radius 2 is 1.62 bits per heavy atom. The molecule has 0 aromatic heterocycles. The van der Waals surface area contributed by atoms with Crippen molar-refractivity contribution in [3.63, 3.8) is 0 Å². The Labute approximate surface area is 158 Å². The van der Waals surface area contributed by atoms with E-state index < -0.39 is 11.6 Å². The predicted molar refractivity (Wildman–Crippen MR) is 105 cm³/mol. The van der Waals surface area contributed by atoms with Crippen molar-refractivity contribution in [1.82, 2.24) is 10.6 Å². The third-order valence-electron chi connectivity index (χ3n) is 3.53. The van der Waals surface area contributed by atoms with E-state index in [1.54, 1.807) is 7.05 Å². The van der Waals surface area contributed by atoms with Crippen LogP contribution < -0.4 is 10.6 Å². The zero-order valence-electron chi connectivity index (χ0n) is 13.8. The van der Waals surface area contributed by atoms with Gasteiger partial charge in [-0.25, -0.2) is 8.78 Å². The van der Waals surface area contributed by atoms with Crippen LogP contribution >= 0.6 is 24.0 Å². The summed E-state index contributed by atoms with van der Waals surface area (Å²) < 4.78 is 27.1. The van der Waals surface area contributed by atoms with Crippen molar-refractivity contribution in [2.24, 2.45) is 4.99 Å². The van der Waals surface area contributed by atoms with Crippen LogP contribution in [0, 0.1) is 18.6 Å². The van der Waals surface area contributed by atoms with Crippen molar-refractivity contribution in [2.45, 2.75) is 19.9 Å². The molecule has 2 rings (SSSR count). The van der Waals surface area contributed by atoms with E-state index >= 15 is 0 Å². The molecular formula is C18H22F2IN3. The molecule has 0 atom stereocenters. The highest BCUT2D eigenvalue weighted by Gasteiger charge is 2.08. The molecule has 2 aromatic carbocycles. The summed E-state index contributed by atoms with van der Waals surface area (Å²) in [7, 11) is 1.66. The van der Waals surface area contributed by atoms with Crippen molar-refractivity contribution in [3.05, 3.63) is 70.8 Å². The lowest BCUT2D eigenvalue weighted by Gasteiger charge is -2.12. The number of benzene rings is 2. The minimum atomic E-state index is -0.519. The normalized spacial score (nSPS) is 10.9. The summed E-state index contributed by atoms with van der Waals surface area (Å²) in [4.78, 5) is 4.10. The molecule has 3 nitrogen and oxygen atoms in total. The molecule has 0 aliphatic carbocycles. The van der Waals surface area contributed by atoms with Gasteiger partial charge in [-0.1, -0.05) is 35.9 Å². The highest BCUT2D eigenvalue weighted by molar-refractivity contribution is 14.0. The number of aliphatic imine (C=N–C) groups is 1. The lowest BCUT2D eigenvalue weighted by atomic mass is 10.1. The molecule has 0 saturated heterocycles. The largest absolute Gasteiger partial charge is 0.356 e. The van der Waals surface area contributed by atoms with Gasteiger partial charge in [0.2, 0.25) is 0 Å². The van der Waals surface area contributed by atoms with Crippen molar-refractivity contribution in [1.29, 1.82) is 0 Å². The molecule has 2 aromatic rings. The SMILES string of the molecule is CN=C(NCCc1c(F)cccc1F)NCc1ccc(C)cc1.I. The summed E-state index contributed by atoms with van der Waals surface area (Å²) >= 11 is 0. The smallest absolute Gasteiger partial charge is 0.191 e. The van der Waals surface area contributed by atoms with Crippen LogP contribution in [0.3, 0.4) is 0 Å². The number of halogens is 3. The van der Waals surface area contributed by atoms with Gasteiger partial charge in [-0.2, -0.15) is 0 Å². The van der Waals surface area contributed by atoms with Crippen LogP contribution in [-0.2, 0) is 13.0 Å². The fourth-order valence-corrected chi connectivity index (χ4v) is 2.19. The zero-order valence-corrected chi connectivity index (χ0v) is 16.1. The molecule has 24 heavy (non-hydrogen) atoms. The Morgan fingerprint density at radius 3 is 2.21 bits per heavy atom. The van der Waals surface area contributed by atoms with Crippen LogP contribution in [0.25, 0.3) is 0 Å². The minimum Gasteiger partial charge on any atom is -0.356 e. The van der Waals surface area contributed by atoms with Crippen LogP contribution in [0.15, 0.2) is 47.5 Å². The van der Waals surface area contributed by atoms with Gasteiger partial charge in [-0.15, -0.1) is 24.0 Å². The van der Waals surface area contributed by atoms with Crippen LogP contribution in [-0.4, -0.2) is 19.6 Å². The fourth-order valence-electron chi connectivity index (χ4n) is 2.19. The first-order valence-electron chi connectivity index (χ1n) is 7.53. The third-order valence-corrected chi connectivity index (χ3v) is 3.53. The molecule has 0 unspecified atom stereocenters. The van der Waals surface area contributed by atoms with Crippen molar-refractivity contribution in [2.75, 3.05) is 13.6 Å². The van der Waals surface area contributed by atoms with E-state index in [-0.39, 0.29) is 36.0 Å². The van der Waals surface area contributed by atoms with E-state index in [2.05, 4.69) is 15.6 Å². The highest BCUT2D eigenvalue weighted by Crippen LogP contribution is 2.12. The van der Waals surface area contributed by atoms with Crippen LogP contribution in [0.5, 0.6) is 0 Å². The Kier molecular flexibility index (Phi) is 8.67. The molecule has 2 N–H and O–H groups in total. The standard InChI is InChI=1S/C18H21F2N3.HI/c1-13-6-8-14(9-7-13)12-23-18(21-2)22-11-10-15-16(19)4-3-5-17(15)20;/h3-9H,10-12H2,1-2H3,(H2,21,22,23);1H. The van der Waals surface area contributed by atoms with E-state index in [9.17, 15) is 8.78 Å². The molecule has 0 heterocycles. The zero-order chi connectivity index (χ0) is 16.7. The molecule has 6 heteroatoms. The van der Waals surface area contributed by atoms with Gasteiger partial charge in [0.15, 0.2) is 5.96 Å². The van der Waals surface area contributed by atoms with Gasteiger partial charge in [0, 0.05) is 25.7 Å². The first-order chi connectivity index (χ1) is 11.1. The molecule has 0 spiro atoms. The van der Waals surface area contributed by atoms with Gasteiger partial charge >= 0.3 is 0 Å². The number of guanidine groups is 1. The Morgan fingerprint density at radius 1 is 1.00 bits per heavy atom. The van der Waals surface area contributed by atoms with Crippen LogP contribution in [0.1, 0.15) is 16.7 Å². The van der Waals surface area contributed by atoms with E-state index in [0.29, 0.717) is 19.0 Å². The molecule has 0 fully saturated rings. The maximum absolute atomic E-state index is 13.5. The molecular weight excluding hydrogens is 423 g/mol. The first-order valence-corrected chi connectivity index (χ1v) is 7.53. The number of aryl methyl sites for hydroxylation is 1. The molecule has 0 saturated carbocycles. The molecule has 0 aliphatic heterocycles. The van der Waals surface area contributed by atoms with Gasteiger partial charge in [-0.05, 0) is 31.0 Å². The van der Waals surface area contributed by atoms with E-state index in [1.165, 1.54) is 23.8 Å². The maximum atomic E-state index is 13.5. The quantitative estimate of drug-likeness (QED) is 0.418. The fraction of sp³-hybridized carbons (Fsp3) is 0.278. The topological polar surface area (TPSA) is 36.4 Å². The molecule has 130 valence electrons. The molecule has 0 bridgehead atoms. The van der Waals surface area contributed by atoms with Gasteiger partial charge in [0.05, 0.1) is 0 Å². The third kappa shape index (κ3) is 6.07. The van der Waals surface area contributed by atoms with Crippen molar-refractivity contribution in [3.8, 4) is 0 Å². The number of hydrogen-bond acceptors (Lipinski definition) is 1. The summed E-state index contributed by atoms with van der Waals surface area (Å²) in [6.45, 7) is 3.07. The van der Waals surface area contributed by atoms with Crippen molar-refractivity contribution < 1.29 is 8.78 Å². The second-order valence-corrected chi connectivity index (χ2v) is 5.29. The van der Waals surface area contributed by atoms with Gasteiger partial charge in [0.1, 0.15) is 11.6 Å².